The SMILES string of the molecule is Cc1ncc(C2CCOCC2)cc1Nc1ncn(-c2ccc(F)c(F)c2)n1. The van der Waals surface area contributed by atoms with Crippen LogP contribution in [0.4, 0.5) is 20.4 Å². The van der Waals surface area contributed by atoms with Gasteiger partial charge in [0.1, 0.15) is 6.33 Å². The number of aromatic nitrogens is 4. The minimum Gasteiger partial charge on any atom is -0.381 e. The van der Waals surface area contributed by atoms with Crippen molar-refractivity contribution >= 4 is 11.6 Å². The van der Waals surface area contributed by atoms with Crippen LogP contribution in [0.2, 0.25) is 0 Å². The zero-order valence-electron chi connectivity index (χ0n) is 14.8. The summed E-state index contributed by atoms with van der Waals surface area (Å²) in [6.07, 6.45) is 5.31. The molecule has 1 aromatic carbocycles. The first-order chi connectivity index (χ1) is 13.1. The van der Waals surface area contributed by atoms with Crippen molar-refractivity contribution in [2.24, 2.45) is 0 Å². The number of ether oxygens (including phenoxy) is 1. The first-order valence-corrected chi connectivity index (χ1v) is 8.78. The van der Waals surface area contributed by atoms with Crippen LogP contribution in [-0.2, 0) is 4.74 Å². The molecule has 1 aliphatic rings. The molecule has 27 heavy (non-hydrogen) atoms. The van der Waals surface area contributed by atoms with E-state index in [-0.39, 0.29) is 0 Å². The molecule has 0 atom stereocenters. The van der Waals surface area contributed by atoms with Crippen molar-refractivity contribution in [1.82, 2.24) is 19.7 Å². The standard InChI is InChI=1S/C19H19F2N5O/c1-12-18(8-14(10-22-12)13-4-6-27-7-5-13)24-19-23-11-26(25-19)15-2-3-16(20)17(21)9-15/h2-3,8-11,13H,4-7H2,1H3,(H,24,25). The van der Waals surface area contributed by atoms with Crippen molar-refractivity contribution in [2.45, 2.75) is 25.7 Å². The second-order valence-electron chi connectivity index (χ2n) is 6.52. The molecule has 0 spiro atoms. The summed E-state index contributed by atoms with van der Waals surface area (Å²) in [5, 5.41) is 7.45. The fourth-order valence-electron chi connectivity index (χ4n) is 3.12. The molecule has 0 amide bonds. The lowest BCUT2D eigenvalue weighted by Gasteiger charge is -2.22. The lowest BCUT2D eigenvalue weighted by atomic mass is 9.92. The summed E-state index contributed by atoms with van der Waals surface area (Å²) in [5.41, 5.74) is 3.20. The Kier molecular flexibility index (Phi) is 4.81. The van der Waals surface area contributed by atoms with Crippen LogP contribution in [0.1, 0.15) is 30.0 Å². The summed E-state index contributed by atoms with van der Waals surface area (Å²) in [6.45, 7) is 3.44. The Morgan fingerprint density at radius 2 is 1.93 bits per heavy atom. The van der Waals surface area contributed by atoms with Gasteiger partial charge in [-0.25, -0.2) is 13.5 Å². The van der Waals surface area contributed by atoms with Gasteiger partial charge < -0.3 is 10.1 Å². The number of aryl methyl sites for hydroxylation is 1. The molecule has 8 heteroatoms. The van der Waals surface area contributed by atoms with Crippen molar-refractivity contribution < 1.29 is 13.5 Å². The molecule has 1 aliphatic heterocycles. The van der Waals surface area contributed by atoms with Crippen LogP contribution in [0.5, 0.6) is 0 Å². The summed E-state index contributed by atoms with van der Waals surface area (Å²) in [6, 6.07) is 5.64. The first kappa shape index (κ1) is 17.5. The number of hydrogen-bond acceptors (Lipinski definition) is 5. The molecule has 0 aliphatic carbocycles. The average Bonchev–Trinajstić information content (AvgIpc) is 3.15. The predicted octanol–water partition coefficient (Wildman–Crippen LogP) is 3.89. The highest BCUT2D eigenvalue weighted by molar-refractivity contribution is 5.57. The smallest absolute Gasteiger partial charge is 0.247 e. The molecule has 0 radical (unpaired) electrons. The van der Waals surface area contributed by atoms with Crippen LogP contribution in [0.3, 0.4) is 0 Å². The number of halogens is 2. The van der Waals surface area contributed by atoms with E-state index in [2.05, 4.69) is 26.4 Å². The van der Waals surface area contributed by atoms with E-state index in [4.69, 9.17) is 4.74 Å². The Bertz CT molecular complexity index is 953. The van der Waals surface area contributed by atoms with E-state index in [0.29, 0.717) is 17.6 Å². The molecule has 0 bridgehead atoms. The maximum atomic E-state index is 13.4. The summed E-state index contributed by atoms with van der Waals surface area (Å²) in [5.74, 6) is -1.04. The van der Waals surface area contributed by atoms with Gasteiger partial charge in [0.2, 0.25) is 5.95 Å². The number of anilines is 2. The molecule has 2 aromatic heterocycles. The Labute approximate surface area is 155 Å². The van der Waals surface area contributed by atoms with Crippen LogP contribution in [0.25, 0.3) is 5.69 Å². The zero-order chi connectivity index (χ0) is 18.8. The van der Waals surface area contributed by atoms with Crippen LogP contribution < -0.4 is 5.32 Å². The number of rotatable bonds is 4. The number of benzene rings is 1. The minimum atomic E-state index is -0.929. The molecule has 0 unspecified atom stereocenters. The summed E-state index contributed by atoms with van der Waals surface area (Å²) in [4.78, 5) is 8.68. The summed E-state index contributed by atoms with van der Waals surface area (Å²) < 4.78 is 33.3. The first-order valence-electron chi connectivity index (χ1n) is 8.78. The normalized spacial score (nSPS) is 15.1. The van der Waals surface area contributed by atoms with E-state index in [1.165, 1.54) is 17.1 Å². The Hall–Kier alpha value is -2.87. The van der Waals surface area contributed by atoms with E-state index in [1.807, 2.05) is 13.1 Å². The summed E-state index contributed by atoms with van der Waals surface area (Å²) in [7, 11) is 0. The Balaban J connectivity index is 1.55. The van der Waals surface area contributed by atoms with Crippen molar-refractivity contribution in [3.8, 4) is 5.69 Å². The van der Waals surface area contributed by atoms with E-state index < -0.39 is 11.6 Å². The van der Waals surface area contributed by atoms with E-state index >= 15 is 0 Å². The fourth-order valence-corrected chi connectivity index (χ4v) is 3.12. The molecular formula is C19H19F2N5O. The Morgan fingerprint density at radius 3 is 2.70 bits per heavy atom. The molecule has 4 rings (SSSR count). The maximum absolute atomic E-state index is 13.4. The number of pyridine rings is 1. The van der Waals surface area contributed by atoms with Gasteiger partial charge >= 0.3 is 0 Å². The largest absolute Gasteiger partial charge is 0.381 e. The van der Waals surface area contributed by atoms with Crippen LogP contribution in [-0.4, -0.2) is 33.0 Å². The van der Waals surface area contributed by atoms with Crippen LogP contribution >= 0.6 is 0 Å². The van der Waals surface area contributed by atoms with E-state index in [0.717, 1.165) is 55.1 Å². The van der Waals surface area contributed by atoms with Gasteiger partial charge in [0, 0.05) is 25.5 Å². The highest BCUT2D eigenvalue weighted by atomic mass is 19.2. The van der Waals surface area contributed by atoms with Gasteiger partial charge in [0.15, 0.2) is 11.6 Å². The third kappa shape index (κ3) is 3.80. The molecule has 1 saturated heterocycles. The van der Waals surface area contributed by atoms with Gasteiger partial charge in [-0.05, 0) is 49.4 Å². The molecule has 3 aromatic rings. The van der Waals surface area contributed by atoms with Crippen LogP contribution in [0.15, 0.2) is 36.8 Å². The fraction of sp³-hybridized carbons (Fsp3) is 0.316. The topological polar surface area (TPSA) is 64.9 Å². The van der Waals surface area contributed by atoms with Gasteiger partial charge in [-0.3, -0.25) is 4.98 Å². The lowest BCUT2D eigenvalue weighted by molar-refractivity contribution is 0.0853. The quantitative estimate of drug-likeness (QED) is 0.754. The van der Waals surface area contributed by atoms with Crippen LogP contribution in [0, 0.1) is 18.6 Å². The van der Waals surface area contributed by atoms with Gasteiger partial charge in [-0.2, -0.15) is 4.98 Å². The zero-order valence-corrected chi connectivity index (χ0v) is 14.8. The molecule has 1 N–H and O–H groups in total. The number of hydrogen-bond donors (Lipinski definition) is 1. The summed E-state index contributed by atoms with van der Waals surface area (Å²) >= 11 is 0. The minimum absolute atomic E-state index is 0.355. The van der Waals surface area contributed by atoms with E-state index in [9.17, 15) is 8.78 Å². The third-order valence-corrected chi connectivity index (χ3v) is 4.71. The van der Waals surface area contributed by atoms with Gasteiger partial charge in [0.05, 0.1) is 17.1 Å². The van der Waals surface area contributed by atoms with Gasteiger partial charge in [0.25, 0.3) is 0 Å². The van der Waals surface area contributed by atoms with Crippen molar-refractivity contribution in [1.29, 1.82) is 0 Å². The van der Waals surface area contributed by atoms with Crippen molar-refractivity contribution in [3.63, 3.8) is 0 Å². The molecule has 0 saturated carbocycles. The van der Waals surface area contributed by atoms with Gasteiger partial charge in [-0.1, -0.05) is 0 Å². The molecule has 140 valence electrons. The molecule has 3 heterocycles. The van der Waals surface area contributed by atoms with Crippen molar-refractivity contribution in [2.75, 3.05) is 18.5 Å². The average molecular weight is 371 g/mol. The number of nitrogens with one attached hydrogen (secondary N) is 1. The lowest BCUT2D eigenvalue weighted by Crippen LogP contribution is -2.14. The third-order valence-electron chi connectivity index (χ3n) is 4.71. The molecular weight excluding hydrogens is 352 g/mol. The molecule has 6 nitrogen and oxygen atoms in total. The second kappa shape index (κ2) is 7.40. The second-order valence-corrected chi connectivity index (χ2v) is 6.52. The number of nitrogens with zero attached hydrogens (tertiary/aromatic N) is 4. The van der Waals surface area contributed by atoms with E-state index in [1.54, 1.807) is 0 Å². The monoisotopic (exact) mass is 371 g/mol. The van der Waals surface area contributed by atoms with Gasteiger partial charge in [-0.15, -0.1) is 5.10 Å². The Morgan fingerprint density at radius 1 is 1.11 bits per heavy atom. The highest BCUT2D eigenvalue weighted by Gasteiger charge is 2.17. The highest BCUT2D eigenvalue weighted by Crippen LogP contribution is 2.29. The molecule has 1 fully saturated rings. The predicted molar refractivity (Wildman–Crippen MR) is 96.3 cm³/mol. The maximum Gasteiger partial charge on any atom is 0.247 e. The van der Waals surface area contributed by atoms with Crippen molar-refractivity contribution in [3.05, 3.63) is 59.7 Å².